The van der Waals surface area contributed by atoms with Crippen molar-refractivity contribution in [3.05, 3.63) is 0 Å². The third kappa shape index (κ3) is 1.84. The van der Waals surface area contributed by atoms with Crippen LogP contribution >= 0.6 is 0 Å². The number of hydrogen-bond acceptors (Lipinski definition) is 5. The molecule has 1 aliphatic heterocycles. The minimum atomic E-state index is -1.22. The molecule has 0 saturated heterocycles. The second-order valence-corrected chi connectivity index (χ2v) is 3.12. The molecule has 0 aromatic rings. The molecular formula is C8H12N2O4. The zero-order chi connectivity index (χ0) is 10.8. The Morgan fingerprint density at radius 1 is 1.71 bits per heavy atom. The number of carbonyl (C=O) groups is 2. The molecular weight excluding hydrogens is 188 g/mol. The van der Waals surface area contributed by atoms with E-state index in [0.29, 0.717) is 0 Å². The number of primary amides is 1. The number of nitrogens with two attached hydrogens (primary N) is 1. The Morgan fingerprint density at radius 3 is 2.79 bits per heavy atom. The molecule has 1 heterocycles. The van der Waals surface area contributed by atoms with Crippen molar-refractivity contribution in [3.8, 4) is 0 Å². The molecule has 0 fully saturated rings. The van der Waals surface area contributed by atoms with Crippen LogP contribution in [0.2, 0.25) is 0 Å². The summed E-state index contributed by atoms with van der Waals surface area (Å²) in [7, 11) is 0. The molecule has 78 valence electrons. The second kappa shape index (κ2) is 3.65. The van der Waals surface area contributed by atoms with E-state index in [1.165, 1.54) is 6.92 Å². The first-order valence-electron chi connectivity index (χ1n) is 4.21. The summed E-state index contributed by atoms with van der Waals surface area (Å²) >= 11 is 0. The van der Waals surface area contributed by atoms with Gasteiger partial charge in [0.05, 0.1) is 13.0 Å². The molecule has 6 nitrogen and oxygen atoms in total. The summed E-state index contributed by atoms with van der Waals surface area (Å²) in [6.07, 6.45) is 0.0567. The Balaban J connectivity index is 2.64. The van der Waals surface area contributed by atoms with Crippen LogP contribution in [0.4, 0.5) is 0 Å². The quantitative estimate of drug-likeness (QED) is 0.626. The highest BCUT2D eigenvalue weighted by Crippen LogP contribution is 2.23. The Bertz CT molecular complexity index is 300. The average Bonchev–Trinajstić information content (AvgIpc) is 2.50. The largest absolute Gasteiger partial charge is 0.461 e. The van der Waals surface area contributed by atoms with E-state index in [-0.39, 0.29) is 18.7 Å². The highest BCUT2D eigenvalue weighted by Gasteiger charge is 2.42. The summed E-state index contributed by atoms with van der Waals surface area (Å²) in [4.78, 5) is 26.9. The van der Waals surface area contributed by atoms with Crippen molar-refractivity contribution in [1.29, 1.82) is 0 Å². The van der Waals surface area contributed by atoms with Crippen LogP contribution in [0.15, 0.2) is 5.16 Å². The average molecular weight is 200 g/mol. The first kappa shape index (κ1) is 10.5. The van der Waals surface area contributed by atoms with E-state index in [1.54, 1.807) is 6.92 Å². The Kier molecular flexibility index (Phi) is 2.73. The van der Waals surface area contributed by atoms with Crippen LogP contribution in [-0.2, 0) is 19.2 Å². The molecule has 0 aromatic heterocycles. The van der Waals surface area contributed by atoms with E-state index >= 15 is 0 Å². The molecule has 1 atom stereocenters. The monoisotopic (exact) mass is 200 g/mol. The van der Waals surface area contributed by atoms with Crippen molar-refractivity contribution >= 4 is 17.6 Å². The fraction of sp³-hybridized carbons (Fsp3) is 0.625. The van der Waals surface area contributed by atoms with E-state index in [9.17, 15) is 9.59 Å². The molecule has 0 aliphatic carbocycles. The highest BCUT2D eigenvalue weighted by atomic mass is 16.7. The van der Waals surface area contributed by atoms with Crippen molar-refractivity contribution in [1.82, 2.24) is 0 Å². The molecule has 14 heavy (non-hydrogen) atoms. The van der Waals surface area contributed by atoms with Crippen molar-refractivity contribution in [2.45, 2.75) is 25.9 Å². The first-order chi connectivity index (χ1) is 6.49. The minimum Gasteiger partial charge on any atom is -0.461 e. The van der Waals surface area contributed by atoms with Crippen LogP contribution < -0.4 is 5.73 Å². The van der Waals surface area contributed by atoms with Gasteiger partial charge in [0.25, 0.3) is 5.91 Å². The normalized spacial score (nSPS) is 25.1. The zero-order valence-corrected chi connectivity index (χ0v) is 8.07. The summed E-state index contributed by atoms with van der Waals surface area (Å²) < 4.78 is 4.70. The van der Waals surface area contributed by atoms with Gasteiger partial charge in [-0.05, 0) is 13.8 Å². The van der Waals surface area contributed by atoms with Gasteiger partial charge in [-0.1, -0.05) is 5.16 Å². The maximum atomic E-state index is 11.2. The molecule has 1 amide bonds. The third-order valence-corrected chi connectivity index (χ3v) is 1.89. The van der Waals surface area contributed by atoms with E-state index in [1.807, 2.05) is 0 Å². The summed E-state index contributed by atoms with van der Waals surface area (Å²) in [6, 6.07) is 0. The van der Waals surface area contributed by atoms with Gasteiger partial charge in [0.1, 0.15) is 0 Å². The summed E-state index contributed by atoms with van der Waals surface area (Å²) in [5.74, 6) is -1.22. The van der Waals surface area contributed by atoms with Gasteiger partial charge in [0.2, 0.25) is 5.60 Å². The van der Waals surface area contributed by atoms with Gasteiger partial charge in [-0.15, -0.1) is 0 Å². The number of amides is 1. The zero-order valence-electron chi connectivity index (χ0n) is 8.07. The second-order valence-electron chi connectivity index (χ2n) is 3.12. The minimum absolute atomic E-state index is 0.0567. The SMILES string of the molecule is CCOC(=O)C1=NO[C@@](C)(C(N)=O)C1. The number of rotatable bonds is 3. The Morgan fingerprint density at radius 2 is 2.36 bits per heavy atom. The maximum absolute atomic E-state index is 11.2. The molecule has 1 rings (SSSR count). The fourth-order valence-electron chi connectivity index (χ4n) is 0.996. The third-order valence-electron chi connectivity index (χ3n) is 1.89. The van der Waals surface area contributed by atoms with Gasteiger partial charge >= 0.3 is 5.97 Å². The van der Waals surface area contributed by atoms with Gasteiger partial charge in [0.15, 0.2) is 5.71 Å². The molecule has 0 aromatic carbocycles. The predicted molar refractivity (Wildman–Crippen MR) is 47.4 cm³/mol. The molecule has 2 N–H and O–H groups in total. The smallest absolute Gasteiger partial charge is 0.356 e. The predicted octanol–water partition coefficient (Wildman–Crippen LogP) is -0.430. The number of ether oxygens (including phenoxy) is 1. The lowest BCUT2D eigenvalue weighted by atomic mass is 9.99. The van der Waals surface area contributed by atoms with E-state index in [4.69, 9.17) is 15.3 Å². The Hall–Kier alpha value is -1.59. The van der Waals surface area contributed by atoms with Crippen LogP contribution in [-0.4, -0.2) is 29.8 Å². The van der Waals surface area contributed by atoms with Crippen molar-refractivity contribution in [2.75, 3.05) is 6.61 Å². The van der Waals surface area contributed by atoms with E-state index in [2.05, 4.69) is 5.16 Å². The van der Waals surface area contributed by atoms with E-state index in [0.717, 1.165) is 0 Å². The fourth-order valence-corrected chi connectivity index (χ4v) is 0.996. The van der Waals surface area contributed by atoms with Crippen LogP contribution in [0.1, 0.15) is 20.3 Å². The molecule has 0 radical (unpaired) electrons. The number of esters is 1. The van der Waals surface area contributed by atoms with E-state index < -0.39 is 17.5 Å². The molecule has 6 heteroatoms. The lowest BCUT2D eigenvalue weighted by Gasteiger charge is -2.15. The molecule has 1 aliphatic rings. The van der Waals surface area contributed by atoms with Gasteiger partial charge in [0, 0.05) is 0 Å². The van der Waals surface area contributed by atoms with Gasteiger partial charge in [-0.3, -0.25) is 4.79 Å². The lowest BCUT2D eigenvalue weighted by molar-refractivity contribution is -0.138. The maximum Gasteiger partial charge on any atom is 0.356 e. The van der Waals surface area contributed by atoms with Crippen LogP contribution in [0.25, 0.3) is 0 Å². The number of nitrogens with zero attached hydrogens (tertiary/aromatic N) is 1. The lowest BCUT2D eigenvalue weighted by Crippen LogP contribution is -2.41. The summed E-state index contributed by atoms with van der Waals surface area (Å²) in [5, 5.41) is 3.47. The topological polar surface area (TPSA) is 91.0 Å². The van der Waals surface area contributed by atoms with Crippen molar-refractivity contribution in [3.63, 3.8) is 0 Å². The standard InChI is InChI=1S/C8H12N2O4/c1-3-13-6(11)5-4-8(2,7(9)12)14-10-5/h3-4H2,1-2H3,(H2,9,12)/t8-/m1/s1. The molecule has 0 spiro atoms. The van der Waals surface area contributed by atoms with Crippen molar-refractivity contribution in [2.24, 2.45) is 10.9 Å². The number of hydrogen-bond donors (Lipinski definition) is 1. The van der Waals surface area contributed by atoms with Crippen LogP contribution in [0, 0.1) is 0 Å². The molecule has 0 saturated carbocycles. The first-order valence-corrected chi connectivity index (χ1v) is 4.21. The van der Waals surface area contributed by atoms with Gasteiger partial charge in [-0.2, -0.15) is 0 Å². The van der Waals surface area contributed by atoms with Crippen LogP contribution in [0.5, 0.6) is 0 Å². The Labute approximate surface area is 81.0 Å². The van der Waals surface area contributed by atoms with Gasteiger partial charge < -0.3 is 15.3 Å². The van der Waals surface area contributed by atoms with Crippen LogP contribution in [0.3, 0.4) is 0 Å². The number of oxime groups is 1. The molecule has 0 unspecified atom stereocenters. The summed E-state index contributed by atoms with van der Waals surface area (Å²) in [5.41, 5.74) is 3.95. The summed E-state index contributed by atoms with van der Waals surface area (Å²) in [6.45, 7) is 3.41. The number of carbonyl (C=O) groups excluding carboxylic acids is 2. The molecule has 0 bridgehead atoms. The van der Waals surface area contributed by atoms with Crippen molar-refractivity contribution < 1.29 is 19.2 Å². The van der Waals surface area contributed by atoms with Gasteiger partial charge in [-0.25, -0.2) is 4.79 Å². The highest BCUT2D eigenvalue weighted by molar-refractivity contribution is 6.37.